The summed E-state index contributed by atoms with van der Waals surface area (Å²) in [6, 6.07) is 10.8. The van der Waals surface area contributed by atoms with Crippen LogP contribution in [-0.4, -0.2) is 42.9 Å². The monoisotopic (exact) mass is 474 g/mol. The molecule has 2 amide bonds. The molecule has 1 atom stereocenters. The van der Waals surface area contributed by atoms with E-state index >= 15 is 0 Å². The third-order valence-electron chi connectivity index (χ3n) is 6.94. The van der Waals surface area contributed by atoms with Gasteiger partial charge < -0.3 is 15.5 Å². The normalized spacial score (nSPS) is 19.8. The molecule has 2 aromatic carbocycles. The summed E-state index contributed by atoms with van der Waals surface area (Å²) in [5.41, 5.74) is 3.82. The van der Waals surface area contributed by atoms with Gasteiger partial charge in [0.05, 0.1) is 28.7 Å². The maximum Gasteiger partial charge on any atom is 0.417 e. The molecule has 2 saturated heterocycles. The van der Waals surface area contributed by atoms with Crippen molar-refractivity contribution in [2.45, 2.75) is 19.0 Å². The van der Waals surface area contributed by atoms with Crippen molar-refractivity contribution in [3.05, 3.63) is 65.0 Å². The van der Waals surface area contributed by atoms with Gasteiger partial charge in [-0.05, 0) is 43.2 Å². The molecule has 178 valence electrons. The molecule has 10 heteroatoms. The third-order valence-corrected chi connectivity index (χ3v) is 6.94. The minimum absolute atomic E-state index is 0.0671. The van der Waals surface area contributed by atoms with E-state index in [1.54, 1.807) is 17.0 Å². The maximum atomic E-state index is 14.1. The first-order valence-corrected chi connectivity index (χ1v) is 10.8. The quantitative estimate of drug-likeness (QED) is 0.689. The molecule has 2 aliphatic heterocycles. The van der Waals surface area contributed by atoms with Crippen molar-refractivity contribution in [1.29, 1.82) is 5.26 Å². The van der Waals surface area contributed by atoms with Crippen LogP contribution in [0.2, 0.25) is 0 Å². The molecule has 2 aliphatic rings. The van der Waals surface area contributed by atoms with Crippen molar-refractivity contribution >= 4 is 17.5 Å². The van der Waals surface area contributed by atoms with Crippen molar-refractivity contribution in [2.75, 3.05) is 31.1 Å². The minimum atomic E-state index is -4.66. The summed E-state index contributed by atoms with van der Waals surface area (Å²) in [6.45, 7) is 0.962. The standard InChI is InChI=1S/C24H22F4N4O2/c25-20-4-2-1-3-17(20)22(34)32-13-19(21(30)33)23(14-32)7-9-31(10-8-23)16-6-5-15(12-29)18(11-16)24(26,27)28/h1-6,11,19H,7-10,13-14H2,(H2,30,33). The Bertz CT molecular complexity index is 1170. The predicted octanol–water partition coefficient (Wildman–Crippen LogP) is 3.56. The molecule has 0 aliphatic carbocycles. The number of likely N-dealkylation sites (tertiary alicyclic amines) is 1. The Kier molecular flexibility index (Phi) is 5.98. The number of carbonyl (C=O) groups is 2. The number of hydrogen-bond acceptors (Lipinski definition) is 4. The van der Waals surface area contributed by atoms with Crippen LogP contribution >= 0.6 is 0 Å². The Morgan fingerprint density at radius 3 is 2.38 bits per heavy atom. The van der Waals surface area contributed by atoms with Crippen LogP contribution < -0.4 is 10.6 Å². The van der Waals surface area contributed by atoms with Crippen LogP contribution in [0.25, 0.3) is 0 Å². The molecule has 1 unspecified atom stereocenters. The van der Waals surface area contributed by atoms with Gasteiger partial charge in [-0.1, -0.05) is 12.1 Å². The van der Waals surface area contributed by atoms with E-state index in [1.807, 2.05) is 0 Å². The van der Waals surface area contributed by atoms with Crippen LogP contribution in [0.5, 0.6) is 0 Å². The zero-order valence-corrected chi connectivity index (χ0v) is 18.1. The number of alkyl halides is 3. The second-order valence-electron chi connectivity index (χ2n) is 8.81. The van der Waals surface area contributed by atoms with Gasteiger partial charge in [0, 0.05) is 37.3 Å². The molecule has 2 aromatic rings. The number of halogens is 4. The summed E-state index contributed by atoms with van der Waals surface area (Å²) < 4.78 is 54.2. The van der Waals surface area contributed by atoms with Gasteiger partial charge in [-0.25, -0.2) is 4.39 Å². The lowest BCUT2D eigenvalue weighted by atomic mass is 9.70. The largest absolute Gasteiger partial charge is 0.417 e. The van der Waals surface area contributed by atoms with E-state index in [9.17, 15) is 27.2 Å². The molecule has 0 bridgehead atoms. The highest BCUT2D eigenvalue weighted by Gasteiger charge is 2.52. The lowest BCUT2D eigenvalue weighted by Crippen LogP contribution is -2.47. The van der Waals surface area contributed by atoms with Crippen LogP contribution in [0, 0.1) is 28.5 Å². The number of hydrogen-bond donors (Lipinski definition) is 1. The van der Waals surface area contributed by atoms with Crippen LogP contribution in [-0.2, 0) is 11.0 Å². The van der Waals surface area contributed by atoms with Crippen molar-refractivity contribution in [1.82, 2.24) is 4.90 Å². The molecule has 6 nitrogen and oxygen atoms in total. The summed E-state index contributed by atoms with van der Waals surface area (Å²) in [4.78, 5) is 28.4. The zero-order valence-electron chi connectivity index (χ0n) is 18.1. The zero-order chi connectivity index (χ0) is 24.7. The highest BCUT2D eigenvalue weighted by Crippen LogP contribution is 2.46. The maximum absolute atomic E-state index is 14.1. The van der Waals surface area contributed by atoms with Gasteiger partial charge in [-0.2, -0.15) is 18.4 Å². The second kappa shape index (κ2) is 8.63. The Balaban J connectivity index is 1.54. The molecule has 2 N–H and O–H groups in total. The van der Waals surface area contributed by atoms with Gasteiger partial charge in [0.1, 0.15) is 5.82 Å². The average Bonchev–Trinajstić information content (AvgIpc) is 3.17. The Morgan fingerprint density at radius 2 is 1.79 bits per heavy atom. The number of anilines is 1. The first kappa shape index (κ1) is 23.5. The first-order valence-electron chi connectivity index (χ1n) is 10.8. The molecule has 0 aromatic heterocycles. The van der Waals surface area contributed by atoms with E-state index in [0.29, 0.717) is 31.6 Å². The lowest BCUT2D eigenvalue weighted by molar-refractivity contribution is -0.137. The first-order chi connectivity index (χ1) is 16.1. The van der Waals surface area contributed by atoms with Crippen molar-refractivity contribution < 1.29 is 27.2 Å². The highest BCUT2D eigenvalue weighted by atomic mass is 19.4. The average molecular weight is 474 g/mol. The fourth-order valence-electron chi connectivity index (χ4n) is 5.10. The molecule has 34 heavy (non-hydrogen) atoms. The molecule has 2 fully saturated rings. The molecule has 0 radical (unpaired) electrons. The van der Waals surface area contributed by atoms with Crippen LogP contribution in [0.4, 0.5) is 23.2 Å². The number of primary amides is 1. The van der Waals surface area contributed by atoms with Gasteiger partial charge >= 0.3 is 6.18 Å². The lowest BCUT2D eigenvalue weighted by Gasteiger charge is -2.42. The van der Waals surface area contributed by atoms with Gasteiger partial charge in [-0.3, -0.25) is 9.59 Å². The molecular weight excluding hydrogens is 452 g/mol. The smallest absolute Gasteiger partial charge is 0.371 e. The fraction of sp³-hybridized carbons (Fsp3) is 0.375. The minimum Gasteiger partial charge on any atom is -0.371 e. The van der Waals surface area contributed by atoms with Crippen molar-refractivity contribution in [3.8, 4) is 6.07 Å². The van der Waals surface area contributed by atoms with Crippen LogP contribution in [0.1, 0.15) is 34.3 Å². The van der Waals surface area contributed by atoms with Crippen molar-refractivity contribution in [2.24, 2.45) is 17.1 Å². The Morgan fingerprint density at radius 1 is 1.12 bits per heavy atom. The number of amides is 2. The van der Waals surface area contributed by atoms with Crippen molar-refractivity contribution in [3.63, 3.8) is 0 Å². The summed E-state index contributed by atoms with van der Waals surface area (Å²) >= 11 is 0. The Hall–Kier alpha value is -3.61. The summed E-state index contributed by atoms with van der Waals surface area (Å²) in [5, 5.41) is 9.01. The number of rotatable bonds is 3. The van der Waals surface area contributed by atoms with Gasteiger partial charge in [0.15, 0.2) is 0 Å². The topological polar surface area (TPSA) is 90.4 Å². The van der Waals surface area contributed by atoms with E-state index in [-0.39, 0.29) is 18.7 Å². The Labute approximate surface area is 193 Å². The second-order valence-corrected chi connectivity index (χ2v) is 8.81. The van der Waals surface area contributed by atoms with Gasteiger partial charge in [0.25, 0.3) is 5.91 Å². The SMILES string of the molecule is N#Cc1ccc(N2CCC3(CC2)CN(C(=O)c2ccccc2F)CC3C(N)=O)cc1C(F)(F)F. The number of nitrogens with two attached hydrogens (primary N) is 1. The molecule has 4 rings (SSSR count). The van der Waals surface area contributed by atoms with E-state index < -0.39 is 46.3 Å². The molecule has 2 heterocycles. The molecule has 0 saturated carbocycles. The van der Waals surface area contributed by atoms with E-state index in [2.05, 4.69) is 0 Å². The predicted molar refractivity (Wildman–Crippen MR) is 115 cm³/mol. The molecule has 1 spiro atoms. The fourth-order valence-corrected chi connectivity index (χ4v) is 5.10. The summed E-state index contributed by atoms with van der Waals surface area (Å²) in [7, 11) is 0. The number of nitrogens with zero attached hydrogens (tertiary/aromatic N) is 3. The molecular formula is C24H22F4N4O2. The number of piperidine rings is 1. The van der Waals surface area contributed by atoms with E-state index in [1.165, 1.54) is 29.2 Å². The van der Waals surface area contributed by atoms with E-state index in [4.69, 9.17) is 11.0 Å². The summed E-state index contributed by atoms with van der Waals surface area (Å²) in [6.07, 6.45) is -3.82. The highest BCUT2D eigenvalue weighted by molar-refractivity contribution is 5.95. The number of nitriles is 1. The number of carbonyl (C=O) groups excluding carboxylic acids is 2. The van der Waals surface area contributed by atoms with Gasteiger partial charge in [0.2, 0.25) is 5.91 Å². The number of benzene rings is 2. The third kappa shape index (κ3) is 4.18. The van der Waals surface area contributed by atoms with Gasteiger partial charge in [-0.15, -0.1) is 0 Å². The summed E-state index contributed by atoms with van der Waals surface area (Å²) in [5.74, 6) is -2.38. The van der Waals surface area contributed by atoms with Crippen LogP contribution in [0.3, 0.4) is 0 Å². The van der Waals surface area contributed by atoms with E-state index in [0.717, 1.165) is 12.1 Å². The van der Waals surface area contributed by atoms with Crippen LogP contribution in [0.15, 0.2) is 42.5 Å².